The number of para-hydroxylation sites is 1. The van der Waals surface area contributed by atoms with Gasteiger partial charge >= 0.3 is 0 Å². The van der Waals surface area contributed by atoms with Crippen LogP contribution in [-0.2, 0) is 32.6 Å². The monoisotopic (exact) mass is 631 g/mol. The van der Waals surface area contributed by atoms with Crippen molar-refractivity contribution in [1.82, 2.24) is 10.2 Å². The van der Waals surface area contributed by atoms with Crippen LogP contribution in [0.2, 0.25) is 5.02 Å². The fourth-order valence-corrected chi connectivity index (χ4v) is 6.60. The van der Waals surface area contributed by atoms with Crippen LogP contribution in [0.5, 0.6) is 0 Å². The predicted molar refractivity (Wildman–Crippen MR) is 176 cm³/mol. The summed E-state index contributed by atoms with van der Waals surface area (Å²) >= 11 is 6.52. The number of aryl methyl sites for hydroxylation is 1. The van der Waals surface area contributed by atoms with Gasteiger partial charge in [0.25, 0.3) is 10.0 Å². The van der Waals surface area contributed by atoms with Crippen molar-refractivity contribution in [2.24, 2.45) is 0 Å². The summed E-state index contributed by atoms with van der Waals surface area (Å²) < 4.78 is 29.1. The standard InChI is InChI=1S/C35H38ClN3O4S/c1-4-27(3)37-35(41)33(23-28-16-7-5-8-17-28)38(24-29-18-12-11-15-26(29)2)34(40)25-39(32-22-14-13-21-31(32)36)44(42,43)30-19-9-6-10-20-30/h5-22,27,33H,4,23-25H2,1-3H3,(H,37,41)/t27-,33-/m0/s1. The van der Waals surface area contributed by atoms with Gasteiger partial charge in [-0.2, -0.15) is 0 Å². The first-order chi connectivity index (χ1) is 21.1. The first kappa shape index (κ1) is 32.8. The van der Waals surface area contributed by atoms with E-state index in [0.29, 0.717) is 6.42 Å². The number of halogens is 1. The highest BCUT2D eigenvalue weighted by Gasteiger charge is 2.35. The summed E-state index contributed by atoms with van der Waals surface area (Å²) in [7, 11) is -4.21. The van der Waals surface area contributed by atoms with E-state index in [4.69, 9.17) is 11.6 Å². The zero-order valence-electron chi connectivity index (χ0n) is 25.2. The van der Waals surface area contributed by atoms with E-state index in [-0.39, 0.29) is 40.5 Å². The van der Waals surface area contributed by atoms with Crippen molar-refractivity contribution in [2.75, 3.05) is 10.8 Å². The van der Waals surface area contributed by atoms with Gasteiger partial charge in [0.05, 0.1) is 15.6 Å². The molecule has 9 heteroatoms. The van der Waals surface area contributed by atoms with Crippen molar-refractivity contribution in [3.63, 3.8) is 0 Å². The van der Waals surface area contributed by atoms with Gasteiger partial charge in [-0.3, -0.25) is 13.9 Å². The van der Waals surface area contributed by atoms with Crippen LogP contribution in [-0.4, -0.2) is 43.8 Å². The Morgan fingerprint density at radius 2 is 1.43 bits per heavy atom. The molecule has 1 N–H and O–H groups in total. The molecule has 0 aliphatic carbocycles. The molecule has 0 saturated carbocycles. The predicted octanol–water partition coefficient (Wildman–Crippen LogP) is 6.40. The molecule has 0 spiro atoms. The number of amides is 2. The van der Waals surface area contributed by atoms with Crippen LogP contribution in [0.15, 0.2) is 114 Å². The Balaban J connectivity index is 1.82. The molecule has 2 atom stereocenters. The van der Waals surface area contributed by atoms with Gasteiger partial charge in [-0.25, -0.2) is 8.42 Å². The molecule has 2 amide bonds. The molecule has 4 rings (SSSR count). The molecule has 0 aromatic heterocycles. The summed E-state index contributed by atoms with van der Waals surface area (Å²) in [5, 5.41) is 3.23. The second-order valence-corrected chi connectivity index (χ2v) is 13.0. The van der Waals surface area contributed by atoms with Gasteiger partial charge in [0.2, 0.25) is 11.8 Å². The van der Waals surface area contributed by atoms with E-state index in [1.54, 1.807) is 42.5 Å². The van der Waals surface area contributed by atoms with Crippen molar-refractivity contribution in [1.29, 1.82) is 0 Å². The van der Waals surface area contributed by atoms with Crippen LogP contribution in [0.1, 0.15) is 37.0 Å². The van der Waals surface area contributed by atoms with Crippen molar-refractivity contribution >= 4 is 39.1 Å². The number of benzene rings is 4. The number of hydrogen-bond donors (Lipinski definition) is 1. The fourth-order valence-electron chi connectivity index (χ4n) is 4.85. The molecular weight excluding hydrogens is 594 g/mol. The average molecular weight is 632 g/mol. The topological polar surface area (TPSA) is 86.8 Å². The zero-order valence-corrected chi connectivity index (χ0v) is 26.8. The van der Waals surface area contributed by atoms with Crippen molar-refractivity contribution in [2.45, 2.75) is 57.1 Å². The molecule has 4 aromatic carbocycles. The molecule has 0 aliphatic heterocycles. The summed E-state index contributed by atoms with van der Waals surface area (Å²) in [6.45, 7) is 5.38. The summed E-state index contributed by atoms with van der Waals surface area (Å²) in [6, 6.07) is 30.5. The van der Waals surface area contributed by atoms with E-state index in [9.17, 15) is 18.0 Å². The maximum Gasteiger partial charge on any atom is 0.264 e. The molecule has 0 heterocycles. The van der Waals surface area contributed by atoms with Gasteiger partial charge in [0.1, 0.15) is 12.6 Å². The van der Waals surface area contributed by atoms with Crippen LogP contribution >= 0.6 is 11.6 Å². The first-order valence-corrected chi connectivity index (χ1v) is 16.4. The second-order valence-electron chi connectivity index (χ2n) is 10.7. The number of nitrogens with zero attached hydrogens (tertiary/aromatic N) is 2. The van der Waals surface area contributed by atoms with Gasteiger partial charge in [0, 0.05) is 19.0 Å². The van der Waals surface area contributed by atoms with Crippen molar-refractivity contribution < 1.29 is 18.0 Å². The maximum atomic E-state index is 14.5. The van der Waals surface area contributed by atoms with E-state index in [1.807, 2.05) is 75.4 Å². The minimum absolute atomic E-state index is 0.0218. The third kappa shape index (κ3) is 8.07. The van der Waals surface area contributed by atoms with E-state index >= 15 is 0 Å². The smallest absolute Gasteiger partial charge is 0.264 e. The fraction of sp³-hybridized carbons (Fsp3) is 0.257. The Labute approximate surface area is 265 Å². The molecule has 44 heavy (non-hydrogen) atoms. The Morgan fingerprint density at radius 1 is 0.841 bits per heavy atom. The largest absolute Gasteiger partial charge is 0.352 e. The number of anilines is 1. The van der Waals surface area contributed by atoms with Crippen LogP contribution in [0, 0.1) is 6.92 Å². The lowest BCUT2D eigenvalue weighted by Crippen LogP contribution is -2.54. The molecule has 0 saturated heterocycles. The minimum atomic E-state index is -4.21. The molecule has 0 bridgehead atoms. The second kappa shape index (κ2) is 15.0. The number of carbonyl (C=O) groups excluding carboxylic acids is 2. The number of nitrogens with one attached hydrogen (secondary N) is 1. The van der Waals surface area contributed by atoms with Crippen molar-refractivity contribution in [3.05, 3.63) is 131 Å². The molecule has 7 nitrogen and oxygen atoms in total. The first-order valence-electron chi connectivity index (χ1n) is 14.6. The highest BCUT2D eigenvalue weighted by Crippen LogP contribution is 2.31. The summed E-state index contributed by atoms with van der Waals surface area (Å²) in [6.07, 6.45) is 0.962. The van der Waals surface area contributed by atoms with Gasteiger partial charge in [-0.15, -0.1) is 0 Å². The molecule has 0 aliphatic rings. The number of rotatable bonds is 13. The van der Waals surface area contributed by atoms with E-state index < -0.39 is 28.5 Å². The third-order valence-electron chi connectivity index (χ3n) is 7.61. The molecular formula is C35H38ClN3O4S. The number of carbonyl (C=O) groups is 2. The molecule has 0 radical (unpaired) electrons. The van der Waals surface area contributed by atoms with Crippen LogP contribution in [0.3, 0.4) is 0 Å². The highest BCUT2D eigenvalue weighted by atomic mass is 35.5. The van der Waals surface area contributed by atoms with E-state index in [0.717, 1.165) is 21.0 Å². The third-order valence-corrected chi connectivity index (χ3v) is 9.70. The van der Waals surface area contributed by atoms with Crippen LogP contribution in [0.25, 0.3) is 0 Å². The lowest BCUT2D eigenvalue weighted by molar-refractivity contribution is -0.140. The van der Waals surface area contributed by atoms with Crippen molar-refractivity contribution in [3.8, 4) is 0 Å². The quantitative estimate of drug-likeness (QED) is 0.185. The van der Waals surface area contributed by atoms with Gasteiger partial charge < -0.3 is 10.2 Å². The minimum Gasteiger partial charge on any atom is -0.352 e. The van der Waals surface area contributed by atoms with Gasteiger partial charge in [-0.05, 0) is 61.2 Å². The maximum absolute atomic E-state index is 14.5. The average Bonchev–Trinajstić information content (AvgIpc) is 3.03. The summed E-state index contributed by atoms with van der Waals surface area (Å²) in [4.78, 5) is 29.9. The number of sulfonamides is 1. The lowest BCUT2D eigenvalue weighted by Gasteiger charge is -2.34. The molecule has 0 unspecified atom stereocenters. The number of hydrogen-bond acceptors (Lipinski definition) is 4. The Morgan fingerprint density at radius 3 is 2.07 bits per heavy atom. The van der Waals surface area contributed by atoms with E-state index in [2.05, 4.69) is 5.32 Å². The highest BCUT2D eigenvalue weighted by molar-refractivity contribution is 7.92. The Kier molecular flexibility index (Phi) is 11.2. The van der Waals surface area contributed by atoms with Crippen LogP contribution < -0.4 is 9.62 Å². The van der Waals surface area contributed by atoms with E-state index in [1.165, 1.54) is 17.0 Å². The summed E-state index contributed by atoms with van der Waals surface area (Å²) in [5.74, 6) is -0.840. The molecule has 0 fully saturated rings. The lowest BCUT2D eigenvalue weighted by atomic mass is 10.0. The Bertz CT molecular complexity index is 1670. The van der Waals surface area contributed by atoms with Crippen LogP contribution in [0.4, 0.5) is 5.69 Å². The SMILES string of the molecule is CC[C@H](C)NC(=O)[C@H](Cc1ccccc1)N(Cc1ccccc1C)C(=O)CN(c1ccccc1Cl)S(=O)(=O)c1ccccc1. The molecule has 230 valence electrons. The zero-order chi connectivity index (χ0) is 31.7. The van der Waals surface area contributed by atoms with Gasteiger partial charge in [-0.1, -0.05) is 103 Å². The normalized spacial score (nSPS) is 12.6. The molecule has 4 aromatic rings. The summed E-state index contributed by atoms with van der Waals surface area (Å²) in [5.41, 5.74) is 2.85. The van der Waals surface area contributed by atoms with Gasteiger partial charge in [0.15, 0.2) is 0 Å². The Hall–Kier alpha value is -4.14.